The molecule has 0 unspecified atom stereocenters. The van der Waals surface area contributed by atoms with E-state index >= 15 is 0 Å². The fourth-order valence-corrected chi connectivity index (χ4v) is 3.18. The maximum atomic E-state index is 13.3. The van der Waals surface area contributed by atoms with E-state index in [0.717, 1.165) is 0 Å². The van der Waals surface area contributed by atoms with Crippen LogP contribution in [0.2, 0.25) is 5.02 Å². The number of carbonyl (C=O) groups is 1. The van der Waals surface area contributed by atoms with Crippen molar-refractivity contribution in [1.82, 2.24) is 4.90 Å². The van der Waals surface area contributed by atoms with Gasteiger partial charge >= 0.3 is 7.12 Å². The SMILES string of the molecule is CC1(C)OB(c2ccc(C(=O)N3CC[C@@H](F)C3)cc2Cl)OC1(C)C. The Kier molecular flexibility index (Phi) is 4.43. The highest BCUT2D eigenvalue weighted by atomic mass is 35.5. The first-order valence-corrected chi connectivity index (χ1v) is 8.57. The molecule has 2 aliphatic heterocycles. The van der Waals surface area contributed by atoms with Crippen molar-refractivity contribution in [3.8, 4) is 0 Å². The van der Waals surface area contributed by atoms with Crippen LogP contribution in [-0.4, -0.2) is 48.4 Å². The number of rotatable bonds is 2. The number of benzene rings is 1. The number of hydrogen-bond acceptors (Lipinski definition) is 3. The monoisotopic (exact) mass is 353 g/mol. The summed E-state index contributed by atoms with van der Waals surface area (Å²) in [6.45, 7) is 8.48. The molecule has 0 aliphatic carbocycles. The Labute approximate surface area is 147 Å². The lowest BCUT2D eigenvalue weighted by atomic mass is 9.78. The Hall–Kier alpha value is -1.11. The zero-order chi connectivity index (χ0) is 17.7. The molecule has 2 saturated heterocycles. The van der Waals surface area contributed by atoms with Crippen molar-refractivity contribution in [3.05, 3.63) is 28.8 Å². The maximum Gasteiger partial charge on any atom is 0.496 e. The van der Waals surface area contributed by atoms with Crippen LogP contribution in [0, 0.1) is 0 Å². The lowest BCUT2D eigenvalue weighted by molar-refractivity contribution is 0.00578. The molecule has 0 saturated carbocycles. The highest BCUT2D eigenvalue weighted by molar-refractivity contribution is 6.65. The van der Waals surface area contributed by atoms with Crippen LogP contribution in [0.25, 0.3) is 0 Å². The number of halogens is 2. The van der Waals surface area contributed by atoms with E-state index in [1.54, 1.807) is 18.2 Å². The number of alkyl halides is 1. The predicted octanol–water partition coefficient (Wildman–Crippen LogP) is 2.82. The second-order valence-corrected chi connectivity index (χ2v) is 7.87. The van der Waals surface area contributed by atoms with Gasteiger partial charge in [0.15, 0.2) is 0 Å². The summed E-state index contributed by atoms with van der Waals surface area (Å²) in [6, 6.07) is 5.05. The fourth-order valence-electron chi connectivity index (χ4n) is 2.91. The molecule has 0 bridgehead atoms. The predicted molar refractivity (Wildman–Crippen MR) is 92.6 cm³/mol. The molecule has 7 heteroatoms. The number of nitrogens with zero attached hydrogens (tertiary/aromatic N) is 1. The molecular formula is C17H22BClFNO3. The van der Waals surface area contributed by atoms with Gasteiger partial charge in [0.1, 0.15) is 6.17 Å². The molecule has 2 fully saturated rings. The van der Waals surface area contributed by atoms with Crippen LogP contribution < -0.4 is 5.46 Å². The van der Waals surface area contributed by atoms with Crippen LogP contribution in [0.5, 0.6) is 0 Å². The molecule has 0 spiro atoms. The van der Waals surface area contributed by atoms with E-state index in [2.05, 4.69) is 0 Å². The third-order valence-electron chi connectivity index (χ3n) is 5.17. The molecule has 1 atom stereocenters. The van der Waals surface area contributed by atoms with Gasteiger partial charge in [-0.05, 0) is 46.2 Å². The minimum atomic E-state index is -0.937. The van der Waals surface area contributed by atoms with Gasteiger partial charge in [-0.2, -0.15) is 0 Å². The summed E-state index contributed by atoms with van der Waals surface area (Å²) in [5.74, 6) is -0.197. The van der Waals surface area contributed by atoms with E-state index < -0.39 is 24.5 Å². The maximum absolute atomic E-state index is 13.3. The van der Waals surface area contributed by atoms with Gasteiger partial charge in [-0.15, -0.1) is 0 Å². The van der Waals surface area contributed by atoms with Crippen molar-refractivity contribution in [2.45, 2.75) is 51.5 Å². The third-order valence-corrected chi connectivity index (χ3v) is 5.50. The van der Waals surface area contributed by atoms with Crippen molar-refractivity contribution >= 4 is 30.1 Å². The Morgan fingerprint density at radius 1 is 1.29 bits per heavy atom. The second-order valence-electron chi connectivity index (χ2n) is 7.46. The molecule has 0 N–H and O–H groups in total. The molecule has 1 amide bonds. The van der Waals surface area contributed by atoms with Gasteiger partial charge in [0, 0.05) is 22.6 Å². The Morgan fingerprint density at radius 3 is 2.42 bits per heavy atom. The van der Waals surface area contributed by atoms with Crippen molar-refractivity contribution in [1.29, 1.82) is 0 Å². The quantitative estimate of drug-likeness (QED) is 0.768. The molecule has 0 radical (unpaired) electrons. The van der Waals surface area contributed by atoms with Gasteiger partial charge in [-0.3, -0.25) is 4.79 Å². The first-order valence-electron chi connectivity index (χ1n) is 8.19. The molecule has 1 aromatic rings. The number of carbonyl (C=O) groups excluding carboxylic acids is 1. The van der Waals surface area contributed by atoms with Gasteiger partial charge in [0.05, 0.1) is 17.7 Å². The van der Waals surface area contributed by atoms with Crippen molar-refractivity contribution in [2.24, 2.45) is 0 Å². The highest BCUT2D eigenvalue weighted by Crippen LogP contribution is 2.37. The first kappa shape index (κ1) is 17.7. The highest BCUT2D eigenvalue weighted by Gasteiger charge is 2.52. The van der Waals surface area contributed by atoms with E-state index in [1.165, 1.54) is 4.90 Å². The van der Waals surface area contributed by atoms with E-state index in [9.17, 15) is 9.18 Å². The lowest BCUT2D eigenvalue weighted by Crippen LogP contribution is -2.41. The fraction of sp³-hybridized carbons (Fsp3) is 0.588. The molecule has 1 aromatic carbocycles. The summed E-state index contributed by atoms with van der Waals surface area (Å²) in [5.41, 5.74) is 0.230. The summed E-state index contributed by atoms with van der Waals surface area (Å²) >= 11 is 6.37. The van der Waals surface area contributed by atoms with Gasteiger partial charge in [-0.1, -0.05) is 17.7 Å². The standard InChI is InChI=1S/C17H22BClFNO3/c1-16(2)17(3,4)24-18(23-16)13-6-5-11(9-14(13)19)15(22)21-8-7-12(20)10-21/h5-6,9,12H,7-8,10H2,1-4H3/t12-/m1/s1. The Bertz CT molecular complexity index is 651. The topological polar surface area (TPSA) is 38.8 Å². The van der Waals surface area contributed by atoms with Crippen molar-refractivity contribution in [3.63, 3.8) is 0 Å². The molecule has 4 nitrogen and oxygen atoms in total. The molecular weight excluding hydrogens is 331 g/mol. The van der Waals surface area contributed by atoms with Gasteiger partial charge in [0.2, 0.25) is 0 Å². The van der Waals surface area contributed by atoms with Gasteiger partial charge in [-0.25, -0.2) is 4.39 Å². The second kappa shape index (κ2) is 6.01. The molecule has 2 aliphatic rings. The van der Waals surface area contributed by atoms with Gasteiger partial charge in [0.25, 0.3) is 5.91 Å². The minimum Gasteiger partial charge on any atom is -0.399 e. The smallest absolute Gasteiger partial charge is 0.399 e. The van der Waals surface area contributed by atoms with E-state index in [0.29, 0.717) is 29.0 Å². The van der Waals surface area contributed by atoms with Crippen LogP contribution in [0.15, 0.2) is 18.2 Å². The van der Waals surface area contributed by atoms with Crippen LogP contribution in [-0.2, 0) is 9.31 Å². The van der Waals surface area contributed by atoms with E-state index in [1.807, 2.05) is 27.7 Å². The summed E-state index contributed by atoms with van der Waals surface area (Å²) in [7, 11) is -0.575. The van der Waals surface area contributed by atoms with Crippen LogP contribution in [0.3, 0.4) is 0 Å². The summed E-state index contributed by atoms with van der Waals surface area (Å²) in [6.07, 6.45) is -0.542. The molecule has 24 heavy (non-hydrogen) atoms. The number of amides is 1. The minimum absolute atomic E-state index is 0.148. The summed E-state index contributed by atoms with van der Waals surface area (Å²) < 4.78 is 25.3. The number of hydrogen-bond donors (Lipinski definition) is 0. The summed E-state index contributed by atoms with van der Waals surface area (Å²) in [4.78, 5) is 13.9. The zero-order valence-electron chi connectivity index (χ0n) is 14.4. The average molecular weight is 354 g/mol. The van der Waals surface area contributed by atoms with Crippen molar-refractivity contribution in [2.75, 3.05) is 13.1 Å². The zero-order valence-corrected chi connectivity index (χ0v) is 15.2. The molecule has 130 valence electrons. The average Bonchev–Trinajstić information content (AvgIpc) is 2.99. The van der Waals surface area contributed by atoms with Crippen molar-refractivity contribution < 1.29 is 18.5 Å². The van der Waals surface area contributed by atoms with E-state index in [-0.39, 0.29) is 12.5 Å². The lowest BCUT2D eigenvalue weighted by Gasteiger charge is -2.32. The van der Waals surface area contributed by atoms with Crippen LogP contribution in [0.1, 0.15) is 44.5 Å². The molecule has 3 rings (SSSR count). The van der Waals surface area contributed by atoms with Crippen LogP contribution >= 0.6 is 11.6 Å². The van der Waals surface area contributed by atoms with E-state index in [4.69, 9.17) is 20.9 Å². The summed E-state index contributed by atoms with van der Waals surface area (Å²) in [5, 5.41) is 0.412. The van der Waals surface area contributed by atoms with Gasteiger partial charge < -0.3 is 14.2 Å². The molecule has 2 heterocycles. The molecule has 0 aromatic heterocycles. The largest absolute Gasteiger partial charge is 0.496 e. The number of likely N-dealkylation sites (tertiary alicyclic amines) is 1. The normalized spacial score (nSPS) is 25.3. The first-order chi connectivity index (χ1) is 11.1. The Morgan fingerprint density at radius 2 is 1.92 bits per heavy atom. The third kappa shape index (κ3) is 3.07. The Balaban J connectivity index is 1.80. The van der Waals surface area contributed by atoms with Crippen LogP contribution in [0.4, 0.5) is 4.39 Å².